The highest BCUT2D eigenvalue weighted by Crippen LogP contribution is 2.25. The lowest BCUT2D eigenvalue weighted by molar-refractivity contribution is 0.102. The van der Waals surface area contributed by atoms with Crippen LogP contribution in [0.3, 0.4) is 0 Å². The summed E-state index contributed by atoms with van der Waals surface area (Å²) in [6.07, 6.45) is 6.20. The quantitative estimate of drug-likeness (QED) is 0.660. The molecule has 7 heteroatoms. The first-order valence-corrected chi connectivity index (χ1v) is 11.8. The van der Waals surface area contributed by atoms with Crippen LogP contribution in [0.2, 0.25) is 0 Å². The second kappa shape index (κ2) is 9.08. The van der Waals surface area contributed by atoms with Gasteiger partial charge in [0.1, 0.15) is 5.75 Å². The van der Waals surface area contributed by atoms with Crippen LogP contribution in [0, 0.1) is 0 Å². The summed E-state index contributed by atoms with van der Waals surface area (Å²) in [4.78, 5) is 12.5. The molecular formula is C23H30N2O4S. The highest BCUT2D eigenvalue weighted by atomic mass is 32.2. The van der Waals surface area contributed by atoms with E-state index in [1.54, 1.807) is 45.0 Å². The van der Waals surface area contributed by atoms with Gasteiger partial charge in [-0.1, -0.05) is 6.42 Å². The Bertz CT molecular complexity index is 956. The lowest BCUT2D eigenvalue weighted by atomic mass is 9.98. The van der Waals surface area contributed by atoms with E-state index in [0.717, 1.165) is 18.6 Å². The Morgan fingerprint density at radius 1 is 0.900 bits per heavy atom. The standard InChI is InChI=1S/C23H30N2O4S/c1-23(2,3)30(27,28)25-19-11-9-17(10-12-19)22(26)24-18-13-15-21(16-14-18)29-20-7-5-4-6-8-20/h9-16,20,25H,4-8H2,1-3H3,(H,24,26). The van der Waals surface area contributed by atoms with Crippen LogP contribution in [0.15, 0.2) is 48.5 Å². The van der Waals surface area contributed by atoms with E-state index in [9.17, 15) is 13.2 Å². The molecule has 1 saturated carbocycles. The Morgan fingerprint density at radius 3 is 2.03 bits per heavy atom. The molecule has 30 heavy (non-hydrogen) atoms. The van der Waals surface area contributed by atoms with Crippen molar-refractivity contribution in [3.05, 3.63) is 54.1 Å². The van der Waals surface area contributed by atoms with Crippen LogP contribution in [0.25, 0.3) is 0 Å². The number of hydrogen-bond donors (Lipinski definition) is 2. The monoisotopic (exact) mass is 430 g/mol. The third kappa shape index (κ3) is 5.75. The van der Waals surface area contributed by atoms with Crippen LogP contribution in [-0.4, -0.2) is 25.2 Å². The minimum Gasteiger partial charge on any atom is -0.490 e. The van der Waals surface area contributed by atoms with Gasteiger partial charge in [-0.25, -0.2) is 8.42 Å². The van der Waals surface area contributed by atoms with Gasteiger partial charge in [0.05, 0.1) is 10.9 Å². The van der Waals surface area contributed by atoms with Gasteiger partial charge in [0.25, 0.3) is 5.91 Å². The smallest absolute Gasteiger partial charge is 0.255 e. The van der Waals surface area contributed by atoms with E-state index < -0.39 is 14.8 Å². The fraction of sp³-hybridized carbons (Fsp3) is 0.435. The summed E-state index contributed by atoms with van der Waals surface area (Å²) in [5.41, 5.74) is 1.54. The maximum atomic E-state index is 12.5. The molecule has 1 fully saturated rings. The molecule has 0 aromatic heterocycles. The number of rotatable bonds is 6. The molecule has 2 aromatic carbocycles. The van der Waals surface area contributed by atoms with Crippen molar-refractivity contribution in [1.82, 2.24) is 0 Å². The van der Waals surface area contributed by atoms with E-state index in [0.29, 0.717) is 16.9 Å². The number of benzene rings is 2. The van der Waals surface area contributed by atoms with Crippen LogP contribution in [0.4, 0.5) is 11.4 Å². The fourth-order valence-electron chi connectivity index (χ4n) is 3.19. The first-order valence-electron chi connectivity index (χ1n) is 10.3. The molecule has 0 spiro atoms. The van der Waals surface area contributed by atoms with Crippen molar-refractivity contribution < 1.29 is 17.9 Å². The number of sulfonamides is 1. The summed E-state index contributed by atoms with van der Waals surface area (Å²) in [6.45, 7) is 4.88. The second-order valence-electron chi connectivity index (χ2n) is 8.65. The highest BCUT2D eigenvalue weighted by molar-refractivity contribution is 7.94. The molecule has 0 radical (unpaired) electrons. The first-order chi connectivity index (χ1) is 14.1. The van der Waals surface area contributed by atoms with Crippen LogP contribution in [0.1, 0.15) is 63.2 Å². The van der Waals surface area contributed by atoms with Gasteiger partial charge in [-0.2, -0.15) is 0 Å². The molecule has 2 aromatic rings. The van der Waals surface area contributed by atoms with Crippen LogP contribution >= 0.6 is 0 Å². The number of ether oxygens (including phenoxy) is 1. The molecule has 0 unspecified atom stereocenters. The fourth-order valence-corrected chi connectivity index (χ4v) is 3.95. The summed E-state index contributed by atoms with van der Waals surface area (Å²) in [7, 11) is -3.51. The summed E-state index contributed by atoms with van der Waals surface area (Å²) in [5.74, 6) is 0.552. The van der Waals surface area contributed by atoms with Gasteiger partial charge in [0.15, 0.2) is 0 Å². The minimum atomic E-state index is -3.51. The second-order valence-corrected chi connectivity index (χ2v) is 11.1. The van der Waals surface area contributed by atoms with E-state index in [-0.39, 0.29) is 12.0 Å². The largest absolute Gasteiger partial charge is 0.490 e. The number of hydrogen-bond acceptors (Lipinski definition) is 4. The minimum absolute atomic E-state index is 0.263. The van der Waals surface area contributed by atoms with Crippen molar-refractivity contribution in [2.24, 2.45) is 0 Å². The third-order valence-corrected chi connectivity index (χ3v) is 7.29. The molecule has 6 nitrogen and oxygen atoms in total. The lowest BCUT2D eigenvalue weighted by Gasteiger charge is -2.23. The van der Waals surface area contributed by atoms with Gasteiger partial charge in [0.2, 0.25) is 10.0 Å². The molecule has 1 aliphatic rings. The molecular weight excluding hydrogens is 400 g/mol. The summed E-state index contributed by atoms with van der Waals surface area (Å²) < 4.78 is 32.1. The van der Waals surface area contributed by atoms with Gasteiger partial charge in [-0.3, -0.25) is 9.52 Å². The van der Waals surface area contributed by atoms with Gasteiger partial charge < -0.3 is 10.1 Å². The zero-order valence-electron chi connectivity index (χ0n) is 17.8. The van der Waals surface area contributed by atoms with Gasteiger partial charge >= 0.3 is 0 Å². The van der Waals surface area contributed by atoms with Gasteiger partial charge in [-0.15, -0.1) is 0 Å². The lowest BCUT2D eigenvalue weighted by Crippen LogP contribution is -2.33. The molecule has 162 valence electrons. The number of carbonyl (C=O) groups is 1. The Balaban J connectivity index is 1.58. The van der Waals surface area contributed by atoms with Crippen molar-refractivity contribution in [2.45, 2.75) is 63.7 Å². The number of carbonyl (C=O) groups excluding carboxylic acids is 1. The maximum Gasteiger partial charge on any atom is 0.255 e. The highest BCUT2D eigenvalue weighted by Gasteiger charge is 2.28. The molecule has 0 heterocycles. The Kier molecular flexibility index (Phi) is 6.71. The summed E-state index contributed by atoms with van der Waals surface area (Å²) in [6, 6.07) is 13.7. The Hall–Kier alpha value is -2.54. The molecule has 1 amide bonds. The third-order valence-electron chi connectivity index (χ3n) is 5.17. The summed E-state index contributed by atoms with van der Waals surface area (Å²) >= 11 is 0. The SMILES string of the molecule is CC(C)(C)S(=O)(=O)Nc1ccc(C(=O)Nc2ccc(OC3CCCCC3)cc2)cc1. The van der Waals surface area contributed by atoms with E-state index in [2.05, 4.69) is 10.0 Å². The molecule has 0 aliphatic heterocycles. The van der Waals surface area contributed by atoms with Crippen LogP contribution in [0.5, 0.6) is 5.75 Å². The number of anilines is 2. The van der Waals surface area contributed by atoms with E-state index in [4.69, 9.17) is 4.74 Å². The average Bonchev–Trinajstić information content (AvgIpc) is 2.70. The number of amides is 1. The summed E-state index contributed by atoms with van der Waals surface area (Å²) in [5, 5.41) is 2.85. The van der Waals surface area contributed by atoms with E-state index >= 15 is 0 Å². The van der Waals surface area contributed by atoms with Crippen molar-refractivity contribution in [2.75, 3.05) is 10.0 Å². The van der Waals surface area contributed by atoms with E-state index in [1.807, 2.05) is 24.3 Å². The van der Waals surface area contributed by atoms with Gasteiger partial charge in [0, 0.05) is 16.9 Å². The zero-order valence-corrected chi connectivity index (χ0v) is 18.6. The molecule has 1 aliphatic carbocycles. The molecule has 0 atom stereocenters. The normalized spacial score (nSPS) is 15.4. The maximum absolute atomic E-state index is 12.5. The molecule has 2 N–H and O–H groups in total. The average molecular weight is 431 g/mol. The van der Waals surface area contributed by atoms with E-state index in [1.165, 1.54) is 19.3 Å². The van der Waals surface area contributed by atoms with Gasteiger partial charge in [-0.05, 0) is 95.0 Å². The number of nitrogens with one attached hydrogen (secondary N) is 2. The molecule has 0 saturated heterocycles. The first kappa shape index (κ1) is 22.2. The zero-order chi connectivity index (χ0) is 21.8. The predicted molar refractivity (Wildman–Crippen MR) is 121 cm³/mol. The molecule has 3 rings (SSSR count). The topological polar surface area (TPSA) is 84.5 Å². The van der Waals surface area contributed by atoms with Crippen molar-refractivity contribution in [3.8, 4) is 5.75 Å². The molecule has 0 bridgehead atoms. The van der Waals surface area contributed by atoms with Crippen molar-refractivity contribution >= 4 is 27.3 Å². The van der Waals surface area contributed by atoms with Crippen molar-refractivity contribution in [1.29, 1.82) is 0 Å². The van der Waals surface area contributed by atoms with Crippen molar-refractivity contribution in [3.63, 3.8) is 0 Å². The Morgan fingerprint density at radius 2 is 1.47 bits per heavy atom. The predicted octanol–water partition coefficient (Wildman–Crippen LogP) is 5.19. The van der Waals surface area contributed by atoms with Crippen LogP contribution < -0.4 is 14.8 Å². The van der Waals surface area contributed by atoms with Crippen LogP contribution in [-0.2, 0) is 10.0 Å². The Labute approximate surface area is 179 Å².